The van der Waals surface area contributed by atoms with Crippen LogP contribution in [-0.2, 0) is 4.79 Å². The maximum atomic E-state index is 13.9. The molecule has 1 atom stereocenters. The summed E-state index contributed by atoms with van der Waals surface area (Å²) < 4.78 is 24.3. The van der Waals surface area contributed by atoms with E-state index in [1.165, 1.54) is 26.4 Å². The first-order valence-corrected chi connectivity index (χ1v) is 7.93. The number of halogens is 2. The molecule has 2 aromatic rings. The van der Waals surface area contributed by atoms with Crippen LogP contribution in [0.4, 0.5) is 4.39 Å². The average molecular weight is 382 g/mol. The van der Waals surface area contributed by atoms with Gasteiger partial charge in [-0.05, 0) is 29.8 Å². The Bertz CT molecular complexity index is 807. The van der Waals surface area contributed by atoms with Crippen molar-refractivity contribution in [3.63, 3.8) is 0 Å². The zero-order chi connectivity index (χ0) is 19.3. The Balaban J connectivity index is 2.36. The van der Waals surface area contributed by atoms with Crippen molar-refractivity contribution in [2.24, 2.45) is 0 Å². The molecule has 2 rings (SSSR count). The highest BCUT2D eigenvalue weighted by molar-refractivity contribution is 6.33. The van der Waals surface area contributed by atoms with Crippen LogP contribution in [-0.4, -0.2) is 31.2 Å². The van der Waals surface area contributed by atoms with Gasteiger partial charge >= 0.3 is 5.97 Å². The summed E-state index contributed by atoms with van der Waals surface area (Å²) in [5, 5.41) is 11.6. The maximum absolute atomic E-state index is 13.9. The number of rotatable bonds is 7. The van der Waals surface area contributed by atoms with Gasteiger partial charge in [0.25, 0.3) is 5.91 Å². The highest BCUT2D eigenvalue weighted by atomic mass is 35.5. The van der Waals surface area contributed by atoms with Crippen LogP contribution in [0, 0.1) is 5.82 Å². The van der Waals surface area contributed by atoms with Crippen LogP contribution in [0.2, 0.25) is 5.02 Å². The number of carbonyl (C=O) groups excluding carboxylic acids is 1. The van der Waals surface area contributed by atoms with E-state index < -0.39 is 30.2 Å². The number of carboxylic acid groups (broad SMARTS) is 1. The maximum Gasteiger partial charge on any atom is 0.305 e. The number of hydrogen-bond donors (Lipinski definition) is 2. The van der Waals surface area contributed by atoms with Gasteiger partial charge in [-0.15, -0.1) is 0 Å². The first-order chi connectivity index (χ1) is 12.4. The zero-order valence-corrected chi connectivity index (χ0v) is 14.8. The van der Waals surface area contributed by atoms with Crippen LogP contribution < -0.4 is 14.8 Å². The van der Waals surface area contributed by atoms with Crippen molar-refractivity contribution in [3.8, 4) is 11.5 Å². The molecule has 2 N–H and O–H groups in total. The molecule has 26 heavy (non-hydrogen) atoms. The first kappa shape index (κ1) is 19.5. The summed E-state index contributed by atoms with van der Waals surface area (Å²) in [6.07, 6.45) is -0.409. The monoisotopic (exact) mass is 381 g/mol. The number of carbonyl (C=O) groups is 2. The number of carboxylic acids is 1. The second-order valence-corrected chi connectivity index (χ2v) is 5.74. The molecule has 0 aliphatic carbocycles. The third kappa shape index (κ3) is 4.43. The third-order valence-corrected chi connectivity index (χ3v) is 4.00. The van der Waals surface area contributed by atoms with Gasteiger partial charge in [0.05, 0.1) is 37.3 Å². The van der Waals surface area contributed by atoms with Gasteiger partial charge in [-0.2, -0.15) is 0 Å². The molecule has 0 aromatic heterocycles. The molecule has 0 bridgehead atoms. The van der Waals surface area contributed by atoms with Crippen LogP contribution in [0.25, 0.3) is 0 Å². The highest BCUT2D eigenvalue weighted by Crippen LogP contribution is 2.31. The second-order valence-electron chi connectivity index (χ2n) is 5.33. The molecule has 0 radical (unpaired) electrons. The lowest BCUT2D eigenvalue weighted by Crippen LogP contribution is -2.31. The van der Waals surface area contributed by atoms with E-state index in [1.807, 2.05) is 0 Å². The summed E-state index contributed by atoms with van der Waals surface area (Å²) in [5.41, 5.74) is 0.121. The van der Waals surface area contributed by atoms with E-state index in [4.69, 9.17) is 26.2 Å². The van der Waals surface area contributed by atoms with Crippen molar-refractivity contribution < 1.29 is 28.6 Å². The third-order valence-electron chi connectivity index (χ3n) is 3.68. The summed E-state index contributed by atoms with van der Waals surface area (Å²) in [6.45, 7) is 0. The Morgan fingerprint density at radius 1 is 1.19 bits per heavy atom. The zero-order valence-electron chi connectivity index (χ0n) is 14.1. The van der Waals surface area contributed by atoms with Crippen molar-refractivity contribution in [3.05, 3.63) is 58.4 Å². The minimum absolute atomic E-state index is 0.0658. The lowest BCUT2D eigenvalue weighted by atomic mass is 10.0. The van der Waals surface area contributed by atoms with Gasteiger partial charge in [0, 0.05) is 0 Å². The van der Waals surface area contributed by atoms with E-state index in [2.05, 4.69) is 5.32 Å². The summed E-state index contributed by atoms with van der Waals surface area (Å²) in [6, 6.07) is 7.66. The summed E-state index contributed by atoms with van der Waals surface area (Å²) >= 11 is 5.89. The second kappa shape index (κ2) is 8.53. The molecule has 1 amide bonds. The van der Waals surface area contributed by atoms with E-state index >= 15 is 0 Å². The Morgan fingerprint density at radius 3 is 2.46 bits per heavy atom. The Morgan fingerprint density at radius 2 is 1.88 bits per heavy atom. The summed E-state index contributed by atoms with van der Waals surface area (Å²) in [4.78, 5) is 23.6. The lowest BCUT2D eigenvalue weighted by Gasteiger charge is -2.19. The van der Waals surface area contributed by atoms with E-state index in [1.54, 1.807) is 18.2 Å². The molecule has 0 saturated heterocycles. The molecular formula is C18H17ClFNO5. The average Bonchev–Trinajstić information content (AvgIpc) is 2.60. The molecule has 0 fully saturated rings. The lowest BCUT2D eigenvalue weighted by molar-refractivity contribution is -0.137. The van der Waals surface area contributed by atoms with E-state index in [9.17, 15) is 14.0 Å². The molecule has 0 aliphatic rings. The van der Waals surface area contributed by atoms with Crippen LogP contribution in [0.15, 0.2) is 36.4 Å². The molecule has 0 heterocycles. The van der Waals surface area contributed by atoms with Crippen molar-refractivity contribution in [2.75, 3.05) is 14.2 Å². The largest absolute Gasteiger partial charge is 0.493 e. The molecule has 2 aromatic carbocycles. The number of nitrogens with one attached hydrogen (secondary N) is 1. The Kier molecular flexibility index (Phi) is 6.41. The van der Waals surface area contributed by atoms with Crippen molar-refractivity contribution in [2.45, 2.75) is 12.5 Å². The number of amides is 1. The molecule has 0 unspecified atom stereocenters. The van der Waals surface area contributed by atoms with Crippen LogP contribution in [0.5, 0.6) is 11.5 Å². The molecule has 138 valence electrons. The Hall–Kier alpha value is -2.80. The number of benzene rings is 2. The predicted octanol–water partition coefficient (Wildman–Crippen LogP) is 3.44. The SMILES string of the molecule is COc1ccc([C@H](CC(=O)O)NC(=O)c2c(F)cccc2Cl)cc1OC. The molecule has 0 aliphatic heterocycles. The van der Waals surface area contributed by atoms with Gasteiger partial charge in [-0.1, -0.05) is 23.7 Å². The molecular weight excluding hydrogens is 365 g/mol. The standard InChI is InChI=1S/C18H17ClFNO5/c1-25-14-7-6-10(8-15(14)26-2)13(9-16(22)23)21-18(24)17-11(19)4-3-5-12(17)20/h3-8,13H,9H2,1-2H3,(H,21,24)(H,22,23)/t13-/m0/s1. The van der Waals surface area contributed by atoms with E-state index in [0.717, 1.165) is 6.07 Å². The number of methoxy groups -OCH3 is 2. The summed E-state index contributed by atoms with van der Waals surface area (Å²) in [5.74, 6) is -1.91. The molecule has 6 nitrogen and oxygen atoms in total. The number of ether oxygens (including phenoxy) is 2. The van der Waals surface area contributed by atoms with Crippen LogP contribution >= 0.6 is 11.6 Å². The van der Waals surface area contributed by atoms with Crippen molar-refractivity contribution in [1.29, 1.82) is 0 Å². The smallest absolute Gasteiger partial charge is 0.305 e. The van der Waals surface area contributed by atoms with Gasteiger partial charge < -0.3 is 19.9 Å². The summed E-state index contributed by atoms with van der Waals surface area (Å²) in [7, 11) is 2.90. The van der Waals surface area contributed by atoms with Gasteiger partial charge in [0.1, 0.15) is 5.82 Å². The topological polar surface area (TPSA) is 84.9 Å². The predicted molar refractivity (Wildman–Crippen MR) is 93.4 cm³/mol. The number of aliphatic carboxylic acids is 1. The van der Waals surface area contributed by atoms with Gasteiger partial charge in [-0.3, -0.25) is 9.59 Å². The first-order valence-electron chi connectivity index (χ1n) is 7.56. The van der Waals surface area contributed by atoms with Gasteiger partial charge in [0.2, 0.25) is 0 Å². The van der Waals surface area contributed by atoms with E-state index in [0.29, 0.717) is 17.1 Å². The minimum atomic E-state index is -1.13. The fourth-order valence-electron chi connectivity index (χ4n) is 2.44. The number of hydrogen-bond acceptors (Lipinski definition) is 4. The van der Waals surface area contributed by atoms with Crippen LogP contribution in [0.1, 0.15) is 28.4 Å². The van der Waals surface area contributed by atoms with E-state index in [-0.39, 0.29) is 10.6 Å². The van der Waals surface area contributed by atoms with Gasteiger partial charge in [0.15, 0.2) is 11.5 Å². The fraction of sp³-hybridized carbons (Fsp3) is 0.222. The van der Waals surface area contributed by atoms with Crippen LogP contribution in [0.3, 0.4) is 0 Å². The quantitative estimate of drug-likeness (QED) is 0.767. The van der Waals surface area contributed by atoms with Crippen molar-refractivity contribution in [1.82, 2.24) is 5.32 Å². The molecule has 0 spiro atoms. The van der Waals surface area contributed by atoms with Gasteiger partial charge in [-0.25, -0.2) is 4.39 Å². The Labute approximate surface area is 154 Å². The molecule has 0 saturated carbocycles. The van der Waals surface area contributed by atoms with Crippen molar-refractivity contribution >= 4 is 23.5 Å². The highest BCUT2D eigenvalue weighted by Gasteiger charge is 2.23. The molecule has 8 heteroatoms. The normalized spacial score (nSPS) is 11.5. The fourth-order valence-corrected chi connectivity index (χ4v) is 2.69. The minimum Gasteiger partial charge on any atom is -0.493 e.